The summed E-state index contributed by atoms with van der Waals surface area (Å²) in [6, 6.07) is 5.90. The second kappa shape index (κ2) is 5.80. The largest absolute Gasteiger partial charge is 0.490 e. The third-order valence-corrected chi connectivity index (χ3v) is 5.10. The predicted octanol–water partition coefficient (Wildman–Crippen LogP) is 2.88. The topological polar surface area (TPSA) is 56.8 Å². The number of fused-ring (bicyclic) bond motifs is 1. The summed E-state index contributed by atoms with van der Waals surface area (Å²) in [6.07, 6.45) is 4.37. The fourth-order valence-corrected chi connectivity index (χ4v) is 3.85. The summed E-state index contributed by atoms with van der Waals surface area (Å²) in [6.45, 7) is 3.41. The van der Waals surface area contributed by atoms with Gasteiger partial charge in [-0.1, -0.05) is 0 Å². The molecule has 1 aromatic rings. The van der Waals surface area contributed by atoms with Crippen molar-refractivity contribution < 1.29 is 19.0 Å². The van der Waals surface area contributed by atoms with Crippen LogP contribution < -0.4 is 10.1 Å². The Morgan fingerprint density at radius 2 is 1.96 bits per heavy atom. The monoisotopic (exact) mass is 317 g/mol. The van der Waals surface area contributed by atoms with E-state index in [0.717, 1.165) is 43.5 Å². The highest BCUT2D eigenvalue weighted by Gasteiger charge is 2.41. The molecule has 124 valence electrons. The first-order valence-electron chi connectivity index (χ1n) is 8.52. The molecule has 5 nitrogen and oxygen atoms in total. The number of anilines is 1. The quantitative estimate of drug-likeness (QED) is 0.911. The maximum absolute atomic E-state index is 12.5. The minimum absolute atomic E-state index is 0.0388. The fraction of sp³-hybridized carbons (Fsp3) is 0.611. The summed E-state index contributed by atoms with van der Waals surface area (Å²) < 4.78 is 17.1. The lowest BCUT2D eigenvalue weighted by atomic mass is 9.84. The average Bonchev–Trinajstić information content (AvgIpc) is 3.13. The van der Waals surface area contributed by atoms with Crippen molar-refractivity contribution in [2.75, 3.05) is 18.5 Å². The van der Waals surface area contributed by atoms with Crippen LogP contribution in [0.2, 0.25) is 0 Å². The molecule has 1 amide bonds. The van der Waals surface area contributed by atoms with Gasteiger partial charge in [-0.25, -0.2) is 0 Å². The number of amides is 1. The molecule has 1 saturated carbocycles. The number of rotatable bonds is 2. The highest BCUT2D eigenvalue weighted by Crippen LogP contribution is 2.39. The van der Waals surface area contributed by atoms with Gasteiger partial charge in [0.05, 0.1) is 13.2 Å². The van der Waals surface area contributed by atoms with Gasteiger partial charge in [-0.2, -0.15) is 0 Å². The van der Waals surface area contributed by atoms with Crippen molar-refractivity contribution >= 4 is 11.6 Å². The van der Waals surface area contributed by atoms with E-state index in [9.17, 15) is 4.79 Å². The van der Waals surface area contributed by atoms with Gasteiger partial charge >= 0.3 is 0 Å². The molecule has 0 radical (unpaired) electrons. The van der Waals surface area contributed by atoms with Gasteiger partial charge in [-0.05, 0) is 43.5 Å². The van der Waals surface area contributed by atoms with Gasteiger partial charge in [0.15, 0.2) is 5.79 Å². The number of ether oxygens (including phenoxy) is 3. The van der Waals surface area contributed by atoms with E-state index in [1.54, 1.807) is 0 Å². The Kier molecular flexibility index (Phi) is 3.77. The van der Waals surface area contributed by atoms with E-state index >= 15 is 0 Å². The molecule has 3 aliphatic rings. The van der Waals surface area contributed by atoms with Crippen molar-refractivity contribution in [3.05, 3.63) is 23.8 Å². The lowest BCUT2D eigenvalue weighted by Crippen LogP contribution is -2.38. The molecule has 2 fully saturated rings. The first-order valence-corrected chi connectivity index (χ1v) is 8.52. The highest BCUT2D eigenvalue weighted by atomic mass is 16.7. The smallest absolute Gasteiger partial charge is 0.227 e. The maximum Gasteiger partial charge on any atom is 0.227 e. The summed E-state index contributed by atoms with van der Waals surface area (Å²) in [5, 5.41) is 3.06. The van der Waals surface area contributed by atoms with Crippen LogP contribution in [0.1, 0.15) is 38.2 Å². The van der Waals surface area contributed by atoms with E-state index in [1.807, 2.05) is 18.2 Å². The van der Waals surface area contributed by atoms with E-state index in [2.05, 4.69) is 12.2 Å². The summed E-state index contributed by atoms with van der Waals surface area (Å²) in [5.41, 5.74) is 2.03. The molecule has 1 aromatic carbocycles. The molecule has 1 saturated heterocycles. The molecule has 0 bridgehead atoms. The number of hydrogen-bond acceptors (Lipinski definition) is 4. The van der Waals surface area contributed by atoms with E-state index in [4.69, 9.17) is 14.2 Å². The summed E-state index contributed by atoms with van der Waals surface area (Å²) in [4.78, 5) is 12.5. The normalized spacial score (nSPS) is 26.0. The van der Waals surface area contributed by atoms with E-state index < -0.39 is 5.79 Å². The van der Waals surface area contributed by atoms with Crippen molar-refractivity contribution in [1.29, 1.82) is 0 Å². The van der Waals surface area contributed by atoms with Crippen molar-refractivity contribution in [2.24, 2.45) is 5.92 Å². The van der Waals surface area contributed by atoms with E-state index in [1.165, 1.54) is 5.56 Å². The van der Waals surface area contributed by atoms with Gasteiger partial charge in [0.2, 0.25) is 5.91 Å². The third-order valence-electron chi connectivity index (χ3n) is 5.10. The Hall–Kier alpha value is -1.59. The molecule has 1 aliphatic carbocycles. The van der Waals surface area contributed by atoms with Crippen molar-refractivity contribution in [3.8, 4) is 5.75 Å². The number of benzene rings is 1. The number of carbonyl (C=O) groups excluding carboxylic acids is 1. The zero-order valence-electron chi connectivity index (χ0n) is 13.5. The Balaban J connectivity index is 1.36. The third kappa shape index (κ3) is 2.95. The Morgan fingerprint density at radius 3 is 2.70 bits per heavy atom. The first-order chi connectivity index (χ1) is 11.1. The maximum atomic E-state index is 12.5. The SMILES string of the molecule is CC1Cc2cc(NC(=O)C3CCC4(CC3)OCCO4)ccc2O1. The molecule has 2 heterocycles. The van der Waals surface area contributed by atoms with Crippen LogP contribution in [0.15, 0.2) is 18.2 Å². The van der Waals surface area contributed by atoms with Crippen molar-refractivity contribution in [1.82, 2.24) is 0 Å². The fourth-order valence-electron chi connectivity index (χ4n) is 3.85. The number of carbonyl (C=O) groups is 1. The highest BCUT2D eigenvalue weighted by molar-refractivity contribution is 5.92. The van der Waals surface area contributed by atoms with Gasteiger partial charge in [0, 0.05) is 30.9 Å². The first kappa shape index (κ1) is 15.0. The van der Waals surface area contributed by atoms with Crippen LogP contribution in [0.4, 0.5) is 5.69 Å². The number of hydrogen-bond donors (Lipinski definition) is 1. The minimum Gasteiger partial charge on any atom is -0.490 e. The van der Waals surface area contributed by atoms with Gasteiger partial charge in [-0.15, -0.1) is 0 Å². The van der Waals surface area contributed by atoms with Gasteiger partial charge < -0.3 is 19.5 Å². The summed E-state index contributed by atoms with van der Waals surface area (Å²) in [7, 11) is 0. The standard InChI is InChI=1S/C18H23NO4/c1-12-10-14-11-15(2-3-16(14)23-12)19-17(20)13-4-6-18(7-5-13)21-8-9-22-18/h2-3,11-13H,4-10H2,1H3,(H,19,20). The Morgan fingerprint density at radius 1 is 1.22 bits per heavy atom. The Bertz CT molecular complexity index is 599. The predicted molar refractivity (Wildman–Crippen MR) is 85.5 cm³/mol. The molecule has 4 rings (SSSR count). The van der Waals surface area contributed by atoms with Gasteiger partial charge in [0.1, 0.15) is 11.9 Å². The molecular formula is C18H23NO4. The van der Waals surface area contributed by atoms with Crippen LogP contribution in [0.5, 0.6) is 5.75 Å². The molecule has 23 heavy (non-hydrogen) atoms. The zero-order valence-corrected chi connectivity index (χ0v) is 13.5. The molecule has 1 spiro atoms. The molecule has 1 atom stereocenters. The van der Waals surface area contributed by atoms with Gasteiger partial charge in [0.25, 0.3) is 0 Å². The van der Waals surface area contributed by atoms with Crippen molar-refractivity contribution in [2.45, 2.75) is 50.9 Å². The van der Waals surface area contributed by atoms with E-state index in [0.29, 0.717) is 13.2 Å². The summed E-state index contributed by atoms with van der Waals surface area (Å²) in [5.74, 6) is 0.671. The lowest BCUT2D eigenvalue weighted by molar-refractivity contribution is -0.182. The second-order valence-electron chi connectivity index (χ2n) is 6.83. The second-order valence-corrected chi connectivity index (χ2v) is 6.83. The summed E-state index contributed by atoms with van der Waals surface area (Å²) >= 11 is 0. The van der Waals surface area contributed by atoms with Crippen LogP contribution >= 0.6 is 0 Å². The molecule has 5 heteroatoms. The molecule has 0 aromatic heterocycles. The minimum atomic E-state index is -0.405. The molecule has 2 aliphatic heterocycles. The molecule has 1 N–H and O–H groups in total. The van der Waals surface area contributed by atoms with Crippen LogP contribution in [0.3, 0.4) is 0 Å². The van der Waals surface area contributed by atoms with Crippen LogP contribution in [-0.4, -0.2) is 31.0 Å². The van der Waals surface area contributed by atoms with Crippen LogP contribution in [0.25, 0.3) is 0 Å². The lowest BCUT2D eigenvalue weighted by Gasteiger charge is -2.34. The molecular weight excluding hydrogens is 294 g/mol. The van der Waals surface area contributed by atoms with E-state index in [-0.39, 0.29) is 17.9 Å². The van der Waals surface area contributed by atoms with Crippen molar-refractivity contribution in [3.63, 3.8) is 0 Å². The molecule has 1 unspecified atom stereocenters. The average molecular weight is 317 g/mol. The van der Waals surface area contributed by atoms with Crippen LogP contribution in [-0.2, 0) is 20.7 Å². The van der Waals surface area contributed by atoms with Crippen LogP contribution in [0, 0.1) is 5.92 Å². The number of nitrogens with one attached hydrogen (secondary N) is 1. The zero-order chi connectivity index (χ0) is 15.9. The van der Waals surface area contributed by atoms with Gasteiger partial charge in [-0.3, -0.25) is 4.79 Å². The Labute approximate surface area is 136 Å².